The maximum atomic E-state index is 11.9. The van der Waals surface area contributed by atoms with Crippen LogP contribution < -0.4 is 16.4 Å². The summed E-state index contributed by atoms with van der Waals surface area (Å²) >= 11 is 0. The van der Waals surface area contributed by atoms with Gasteiger partial charge in [-0.3, -0.25) is 4.79 Å². The van der Waals surface area contributed by atoms with Gasteiger partial charge in [-0.05, 0) is 24.3 Å². The minimum Gasteiger partial charge on any atom is -0.595 e. The molecule has 21 heavy (non-hydrogen) atoms. The Labute approximate surface area is 121 Å². The molecule has 0 aliphatic carbocycles. The van der Waals surface area contributed by atoms with Crippen LogP contribution in [0.4, 0.5) is 0 Å². The smallest absolute Gasteiger partial charge is 0.231 e. The average Bonchev–Trinajstić information content (AvgIpc) is 2.49. The number of hydrogen-bond donors (Lipinski definition) is 2. The molecule has 1 atom stereocenters. The third kappa shape index (κ3) is 2.66. The molecule has 2 N–H and O–H groups in total. The van der Waals surface area contributed by atoms with Gasteiger partial charge in [-0.25, -0.2) is 0 Å². The molecule has 0 saturated carbocycles. The zero-order valence-electron chi connectivity index (χ0n) is 11.6. The summed E-state index contributed by atoms with van der Waals surface area (Å²) in [5, 5.41) is 11.9. The first-order valence-electron chi connectivity index (χ1n) is 6.77. The predicted molar refractivity (Wildman–Crippen MR) is 80.1 cm³/mol. The quantitative estimate of drug-likeness (QED) is 0.632. The molecule has 0 radical (unpaired) electrons. The predicted octanol–water partition coefficient (Wildman–Crippen LogP) is 0.796. The Morgan fingerprint density at radius 2 is 1.86 bits per heavy atom. The average molecular weight is 284 g/mol. The Bertz CT molecular complexity index is 714. The summed E-state index contributed by atoms with van der Waals surface area (Å²) in [4.78, 5) is 11.9. The van der Waals surface area contributed by atoms with Crippen LogP contribution in [0.3, 0.4) is 0 Å². The molecule has 6 nitrogen and oxygen atoms in total. The van der Waals surface area contributed by atoms with Gasteiger partial charge in [0.05, 0.1) is 5.92 Å². The van der Waals surface area contributed by atoms with Crippen LogP contribution in [0.25, 0.3) is 5.69 Å². The van der Waals surface area contributed by atoms with Gasteiger partial charge in [-0.1, -0.05) is 11.8 Å². The van der Waals surface area contributed by atoms with Gasteiger partial charge in [0.2, 0.25) is 5.71 Å². The molecule has 1 aromatic carbocycles. The van der Waals surface area contributed by atoms with Gasteiger partial charge >= 0.3 is 0 Å². The summed E-state index contributed by atoms with van der Waals surface area (Å²) in [5.74, 6) is 0.127. The number of hydrazine groups is 2. The Kier molecular flexibility index (Phi) is 3.45. The van der Waals surface area contributed by atoms with Crippen molar-refractivity contribution >= 4 is 5.71 Å². The van der Waals surface area contributed by atoms with Crippen LogP contribution in [-0.4, -0.2) is 21.7 Å². The van der Waals surface area contributed by atoms with Crippen molar-refractivity contribution < 1.29 is 4.85 Å². The van der Waals surface area contributed by atoms with E-state index in [2.05, 4.69) is 11.0 Å². The molecule has 1 aromatic heterocycles. The largest absolute Gasteiger partial charge is 0.595 e. The molecule has 1 unspecified atom stereocenters. The summed E-state index contributed by atoms with van der Waals surface area (Å²) in [7, 11) is 0. The van der Waals surface area contributed by atoms with Crippen molar-refractivity contribution in [1.82, 2.24) is 15.5 Å². The van der Waals surface area contributed by atoms with E-state index in [4.69, 9.17) is 0 Å². The molecule has 0 amide bonds. The Hall–Kier alpha value is -2.60. The second-order valence-electron chi connectivity index (χ2n) is 5.06. The van der Waals surface area contributed by atoms with Crippen molar-refractivity contribution in [2.75, 3.05) is 6.54 Å². The van der Waals surface area contributed by atoms with Crippen molar-refractivity contribution in [3.05, 3.63) is 69.8 Å². The van der Waals surface area contributed by atoms with E-state index in [9.17, 15) is 10.0 Å². The summed E-state index contributed by atoms with van der Waals surface area (Å²) in [6.07, 6.45) is 3.44. The van der Waals surface area contributed by atoms with Gasteiger partial charge < -0.3 is 9.77 Å². The van der Waals surface area contributed by atoms with Crippen molar-refractivity contribution in [1.29, 1.82) is 0 Å². The summed E-state index contributed by atoms with van der Waals surface area (Å²) < 4.78 is 1.86. The highest BCUT2D eigenvalue weighted by molar-refractivity contribution is 5.98. The number of nitrogens with one attached hydrogen (secondary N) is 2. The number of hydrazone groups is 1. The minimum absolute atomic E-state index is 0.0185. The maximum absolute atomic E-state index is 11.9. The van der Waals surface area contributed by atoms with Crippen LogP contribution in [0.1, 0.15) is 12.5 Å². The SMILES string of the molecule is CC1CNN[N+]([O-])=C1c1ccc(-n2ccc(=O)cc2)cc1. The molecule has 1 aliphatic rings. The van der Waals surface area contributed by atoms with Crippen LogP contribution in [0.5, 0.6) is 0 Å². The second kappa shape index (κ2) is 5.41. The van der Waals surface area contributed by atoms with Crippen molar-refractivity contribution in [3.8, 4) is 5.69 Å². The van der Waals surface area contributed by atoms with Gasteiger partial charge in [0.25, 0.3) is 0 Å². The number of nitrogens with zero attached hydrogens (tertiary/aromatic N) is 2. The van der Waals surface area contributed by atoms with Gasteiger partial charge in [0.1, 0.15) is 0 Å². The van der Waals surface area contributed by atoms with Gasteiger partial charge in [-0.15, -0.1) is 5.53 Å². The van der Waals surface area contributed by atoms with E-state index < -0.39 is 0 Å². The lowest BCUT2D eigenvalue weighted by Gasteiger charge is -2.22. The normalized spacial score (nSPS) is 18.4. The van der Waals surface area contributed by atoms with E-state index in [1.165, 1.54) is 12.1 Å². The summed E-state index contributed by atoms with van der Waals surface area (Å²) in [6.45, 7) is 2.71. The number of pyridine rings is 1. The molecule has 1 aliphatic heterocycles. The van der Waals surface area contributed by atoms with Gasteiger partial charge in [-0.2, -0.15) is 5.43 Å². The molecule has 2 aromatic rings. The molecule has 108 valence electrons. The highest BCUT2D eigenvalue weighted by Crippen LogP contribution is 2.14. The first kappa shape index (κ1) is 13.4. The highest BCUT2D eigenvalue weighted by atomic mass is 16.5. The van der Waals surface area contributed by atoms with Crippen molar-refractivity contribution in [3.63, 3.8) is 0 Å². The van der Waals surface area contributed by atoms with E-state index in [-0.39, 0.29) is 11.3 Å². The van der Waals surface area contributed by atoms with Crippen molar-refractivity contribution in [2.24, 2.45) is 5.92 Å². The lowest BCUT2D eigenvalue weighted by molar-refractivity contribution is -0.541. The molecule has 0 saturated heterocycles. The second-order valence-corrected chi connectivity index (χ2v) is 5.06. The maximum Gasteiger partial charge on any atom is 0.231 e. The van der Waals surface area contributed by atoms with E-state index in [0.29, 0.717) is 12.3 Å². The molecular formula is C15H16N4O2. The van der Waals surface area contributed by atoms with Crippen LogP contribution in [0, 0.1) is 11.1 Å². The van der Waals surface area contributed by atoms with Crippen LogP contribution in [0.15, 0.2) is 53.6 Å². The van der Waals surface area contributed by atoms with E-state index >= 15 is 0 Å². The number of hydrogen-bond acceptors (Lipinski definition) is 4. The molecule has 6 heteroatoms. The van der Waals surface area contributed by atoms with E-state index in [0.717, 1.165) is 16.1 Å². The van der Waals surface area contributed by atoms with Gasteiger partial charge in [0.15, 0.2) is 5.43 Å². The Balaban J connectivity index is 1.94. The highest BCUT2D eigenvalue weighted by Gasteiger charge is 2.25. The number of benzene rings is 1. The summed E-state index contributed by atoms with van der Waals surface area (Å²) in [6, 6.07) is 10.7. The monoisotopic (exact) mass is 284 g/mol. The standard InChI is InChI=1S/C15H16N4O2/c1-11-10-16-17-19(21)15(11)12-2-4-13(5-3-12)18-8-6-14(20)7-9-18/h2-9,11,16-17H,10H2,1H3. The topological polar surface area (TPSA) is 72.1 Å². The van der Waals surface area contributed by atoms with E-state index in [1.807, 2.05) is 35.8 Å². The molecule has 0 fully saturated rings. The fraction of sp³-hybridized carbons (Fsp3) is 0.200. The lowest BCUT2D eigenvalue weighted by Crippen LogP contribution is -2.51. The number of aromatic nitrogens is 1. The zero-order valence-corrected chi connectivity index (χ0v) is 11.6. The minimum atomic E-state index is -0.0185. The molecular weight excluding hydrogens is 268 g/mol. The third-order valence-electron chi connectivity index (χ3n) is 3.53. The third-order valence-corrected chi connectivity index (χ3v) is 3.53. The fourth-order valence-electron chi connectivity index (χ4n) is 2.42. The first-order valence-corrected chi connectivity index (χ1v) is 6.77. The van der Waals surface area contributed by atoms with Crippen molar-refractivity contribution in [2.45, 2.75) is 6.92 Å². The zero-order chi connectivity index (χ0) is 14.8. The van der Waals surface area contributed by atoms with Crippen LogP contribution in [-0.2, 0) is 0 Å². The number of rotatable bonds is 2. The molecule has 2 heterocycles. The molecule has 0 bridgehead atoms. The lowest BCUT2D eigenvalue weighted by atomic mass is 9.97. The molecule has 0 spiro atoms. The fourth-order valence-corrected chi connectivity index (χ4v) is 2.42. The van der Waals surface area contributed by atoms with E-state index in [1.54, 1.807) is 12.4 Å². The van der Waals surface area contributed by atoms with Crippen LogP contribution >= 0.6 is 0 Å². The van der Waals surface area contributed by atoms with Crippen LogP contribution in [0.2, 0.25) is 0 Å². The Morgan fingerprint density at radius 3 is 2.48 bits per heavy atom. The first-order chi connectivity index (χ1) is 10.1. The van der Waals surface area contributed by atoms with Gasteiger partial charge in [0, 0.05) is 42.3 Å². The summed E-state index contributed by atoms with van der Waals surface area (Å²) in [5.41, 5.74) is 7.91. The Morgan fingerprint density at radius 1 is 1.19 bits per heavy atom. The molecule has 3 rings (SSSR count).